The molecule has 8 heteroatoms. The summed E-state index contributed by atoms with van der Waals surface area (Å²) in [6, 6.07) is 15.4. The first-order valence-electron chi connectivity index (χ1n) is 10.8. The molecule has 33 heavy (non-hydrogen) atoms. The first kappa shape index (κ1) is 22.9. The van der Waals surface area contributed by atoms with Gasteiger partial charge in [0.25, 0.3) is 0 Å². The molecule has 7 nitrogen and oxygen atoms in total. The fourth-order valence-electron chi connectivity index (χ4n) is 4.55. The van der Waals surface area contributed by atoms with Crippen LogP contribution in [0.3, 0.4) is 0 Å². The third-order valence-electron chi connectivity index (χ3n) is 6.05. The molecular formula is C25H28N4O3S. The van der Waals surface area contributed by atoms with Gasteiger partial charge >= 0.3 is 5.97 Å². The lowest BCUT2D eigenvalue weighted by atomic mass is 9.97. The maximum atomic E-state index is 12.1. The van der Waals surface area contributed by atoms with E-state index in [1.807, 2.05) is 36.4 Å². The molecule has 4 rings (SSSR count). The van der Waals surface area contributed by atoms with Crippen molar-refractivity contribution in [2.45, 2.75) is 25.9 Å². The molecule has 0 radical (unpaired) electrons. The number of aromatic nitrogens is 2. The number of aryl methyl sites for hydroxylation is 1. The van der Waals surface area contributed by atoms with Gasteiger partial charge < -0.3 is 24.3 Å². The summed E-state index contributed by atoms with van der Waals surface area (Å²) < 4.78 is 12.4. The first-order valence-corrected chi connectivity index (χ1v) is 11.2. The van der Waals surface area contributed by atoms with Crippen molar-refractivity contribution in [3.63, 3.8) is 0 Å². The quantitative estimate of drug-likeness (QED) is 0.420. The summed E-state index contributed by atoms with van der Waals surface area (Å²) in [4.78, 5) is 18.9. The van der Waals surface area contributed by atoms with E-state index in [2.05, 4.69) is 39.7 Å². The lowest BCUT2D eigenvalue weighted by Gasteiger charge is -2.28. The van der Waals surface area contributed by atoms with Gasteiger partial charge in [-0.1, -0.05) is 12.1 Å². The SMILES string of the molecule is COCCN1C(=S)N[C@@H](c2ccccn2)[C@@H]1c1cc(C)n(-c2cccc(C(=O)OC)c2)c1C. The van der Waals surface area contributed by atoms with Gasteiger partial charge in [-0.2, -0.15) is 0 Å². The summed E-state index contributed by atoms with van der Waals surface area (Å²) >= 11 is 5.72. The molecule has 0 unspecified atom stereocenters. The van der Waals surface area contributed by atoms with E-state index in [4.69, 9.17) is 21.7 Å². The van der Waals surface area contributed by atoms with E-state index in [-0.39, 0.29) is 18.1 Å². The van der Waals surface area contributed by atoms with Gasteiger partial charge in [0.05, 0.1) is 37.1 Å². The van der Waals surface area contributed by atoms with Crippen molar-refractivity contribution < 1.29 is 14.3 Å². The van der Waals surface area contributed by atoms with Crippen LogP contribution >= 0.6 is 12.2 Å². The maximum Gasteiger partial charge on any atom is 0.337 e. The predicted octanol–water partition coefficient (Wildman–Crippen LogP) is 3.89. The van der Waals surface area contributed by atoms with Crippen LogP contribution in [0.1, 0.15) is 45.1 Å². The Balaban J connectivity index is 1.81. The van der Waals surface area contributed by atoms with E-state index < -0.39 is 0 Å². The Morgan fingerprint density at radius 1 is 1.15 bits per heavy atom. The highest BCUT2D eigenvalue weighted by atomic mass is 32.1. The van der Waals surface area contributed by atoms with E-state index in [0.29, 0.717) is 23.8 Å². The van der Waals surface area contributed by atoms with Crippen molar-refractivity contribution >= 4 is 23.3 Å². The molecule has 0 amide bonds. The smallest absolute Gasteiger partial charge is 0.337 e. The van der Waals surface area contributed by atoms with Crippen LogP contribution in [0, 0.1) is 13.8 Å². The second kappa shape index (κ2) is 9.72. The average Bonchev–Trinajstić information content (AvgIpc) is 3.32. The van der Waals surface area contributed by atoms with E-state index in [0.717, 1.165) is 28.3 Å². The van der Waals surface area contributed by atoms with Crippen LogP contribution in [-0.2, 0) is 9.47 Å². The molecule has 1 aliphatic rings. The molecule has 1 saturated heterocycles. The Hall–Kier alpha value is -3.23. The zero-order valence-electron chi connectivity index (χ0n) is 19.2. The third kappa shape index (κ3) is 4.36. The Labute approximate surface area is 199 Å². The summed E-state index contributed by atoms with van der Waals surface area (Å²) in [6.07, 6.45) is 1.80. The number of pyridine rings is 1. The van der Waals surface area contributed by atoms with Gasteiger partial charge in [-0.25, -0.2) is 4.79 Å². The zero-order valence-corrected chi connectivity index (χ0v) is 20.1. The Morgan fingerprint density at radius 2 is 1.97 bits per heavy atom. The van der Waals surface area contributed by atoms with Gasteiger partial charge in [-0.15, -0.1) is 0 Å². The van der Waals surface area contributed by atoms with Gasteiger partial charge in [0, 0.05) is 36.9 Å². The predicted molar refractivity (Wildman–Crippen MR) is 131 cm³/mol. The standard InChI is InChI=1S/C25H28N4O3S/c1-16-14-20(17(2)29(16)19-9-7-8-18(15-19)24(30)32-4)23-22(21-10-5-6-11-26-21)27-25(33)28(23)12-13-31-3/h5-11,14-15,22-23H,12-13H2,1-4H3,(H,27,33)/t22-,23-/m0/s1. The van der Waals surface area contributed by atoms with Crippen molar-refractivity contribution in [1.29, 1.82) is 0 Å². The lowest BCUT2D eigenvalue weighted by Crippen LogP contribution is -2.32. The van der Waals surface area contributed by atoms with Crippen molar-refractivity contribution in [3.8, 4) is 5.69 Å². The Bertz CT molecular complexity index is 1160. The molecule has 2 aromatic heterocycles. The Kier molecular flexibility index (Phi) is 6.76. The molecule has 3 aromatic rings. The number of rotatable bonds is 7. The van der Waals surface area contributed by atoms with Gasteiger partial charge in [0.2, 0.25) is 0 Å². The minimum atomic E-state index is -0.356. The van der Waals surface area contributed by atoms with E-state index in [9.17, 15) is 4.79 Å². The third-order valence-corrected chi connectivity index (χ3v) is 6.40. The average molecular weight is 465 g/mol. The molecule has 172 valence electrons. The zero-order chi connectivity index (χ0) is 23.5. The number of hydrogen-bond donors (Lipinski definition) is 1. The summed E-state index contributed by atoms with van der Waals surface area (Å²) in [6.45, 7) is 5.39. The van der Waals surface area contributed by atoms with Crippen molar-refractivity contribution in [2.75, 3.05) is 27.4 Å². The fourth-order valence-corrected chi connectivity index (χ4v) is 4.88. The highest BCUT2D eigenvalue weighted by molar-refractivity contribution is 7.80. The molecule has 0 saturated carbocycles. The molecule has 0 spiro atoms. The second-order valence-corrected chi connectivity index (χ2v) is 8.40. The van der Waals surface area contributed by atoms with Crippen LogP contribution in [0.25, 0.3) is 5.69 Å². The van der Waals surface area contributed by atoms with E-state index in [1.54, 1.807) is 19.4 Å². The lowest BCUT2D eigenvalue weighted by molar-refractivity contribution is 0.0600. The van der Waals surface area contributed by atoms with Crippen LogP contribution in [0.2, 0.25) is 0 Å². The van der Waals surface area contributed by atoms with Crippen LogP contribution in [0.15, 0.2) is 54.7 Å². The van der Waals surface area contributed by atoms with Gasteiger partial charge in [-0.3, -0.25) is 4.98 Å². The summed E-state index contributed by atoms with van der Waals surface area (Å²) in [5.74, 6) is -0.356. The number of nitrogens with zero attached hydrogens (tertiary/aromatic N) is 3. The number of carbonyl (C=O) groups is 1. The van der Waals surface area contributed by atoms with Crippen molar-refractivity contribution in [2.24, 2.45) is 0 Å². The molecule has 1 N–H and O–H groups in total. The monoisotopic (exact) mass is 464 g/mol. The van der Waals surface area contributed by atoms with Crippen LogP contribution in [-0.4, -0.2) is 52.9 Å². The summed E-state index contributed by atoms with van der Waals surface area (Å²) in [7, 11) is 3.08. The molecule has 2 atom stereocenters. The van der Waals surface area contributed by atoms with Crippen LogP contribution in [0.4, 0.5) is 0 Å². The normalized spacial score (nSPS) is 17.8. The van der Waals surface area contributed by atoms with Crippen LogP contribution < -0.4 is 5.32 Å². The number of thiocarbonyl (C=S) groups is 1. The van der Waals surface area contributed by atoms with Crippen molar-refractivity contribution in [1.82, 2.24) is 19.8 Å². The molecule has 1 fully saturated rings. The van der Waals surface area contributed by atoms with Gasteiger partial charge in [0.15, 0.2) is 5.11 Å². The number of carbonyl (C=O) groups excluding carboxylic acids is 1. The highest BCUT2D eigenvalue weighted by Crippen LogP contribution is 2.41. The van der Waals surface area contributed by atoms with E-state index >= 15 is 0 Å². The fraction of sp³-hybridized carbons (Fsp3) is 0.320. The summed E-state index contributed by atoms with van der Waals surface area (Å²) in [5.41, 5.74) is 5.65. The van der Waals surface area contributed by atoms with Gasteiger partial charge in [-0.05, 0) is 68.0 Å². The minimum Gasteiger partial charge on any atom is -0.465 e. The highest BCUT2D eigenvalue weighted by Gasteiger charge is 2.41. The number of nitrogens with one attached hydrogen (secondary N) is 1. The first-order chi connectivity index (χ1) is 16.0. The Morgan fingerprint density at radius 3 is 2.67 bits per heavy atom. The molecular weight excluding hydrogens is 436 g/mol. The molecule has 3 heterocycles. The number of ether oxygens (including phenoxy) is 2. The second-order valence-electron chi connectivity index (χ2n) is 8.02. The minimum absolute atomic E-state index is 0.0497. The molecule has 0 aliphatic carbocycles. The number of esters is 1. The van der Waals surface area contributed by atoms with Crippen LogP contribution in [0.5, 0.6) is 0 Å². The number of benzene rings is 1. The largest absolute Gasteiger partial charge is 0.465 e. The van der Waals surface area contributed by atoms with Gasteiger partial charge in [0.1, 0.15) is 0 Å². The molecule has 1 aromatic carbocycles. The van der Waals surface area contributed by atoms with Crippen molar-refractivity contribution in [3.05, 3.63) is 82.9 Å². The molecule has 1 aliphatic heterocycles. The van der Waals surface area contributed by atoms with E-state index in [1.165, 1.54) is 7.11 Å². The number of methoxy groups -OCH3 is 2. The number of hydrogen-bond acceptors (Lipinski definition) is 5. The molecule has 0 bridgehead atoms. The summed E-state index contributed by atoms with van der Waals surface area (Å²) in [5, 5.41) is 4.16. The maximum absolute atomic E-state index is 12.1. The topological polar surface area (TPSA) is 68.6 Å².